The summed E-state index contributed by atoms with van der Waals surface area (Å²) in [6.07, 6.45) is 0. The van der Waals surface area contributed by atoms with Crippen molar-refractivity contribution in [2.45, 2.75) is 24.1 Å². The summed E-state index contributed by atoms with van der Waals surface area (Å²) in [5, 5.41) is 7.99. The predicted molar refractivity (Wildman–Crippen MR) is 35.2 cm³/mol. The second-order valence-corrected chi connectivity index (χ2v) is 3.24. The van der Waals surface area contributed by atoms with E-state index < -0.39 is 4.87 Å². The average molecular weight is 152 g/mol. The van der Waals surface area contributed by atoms with Gasteiger partial charge in [0.2, 0.25) is 0 Å². The molecule has 0 aromatic heterocycles. The van der Waals surface area contributed by atoms with Crippen LogP contribution in [0.25, 0.3) is 0 Å². The molecule has 0 radical (unpaired) electrons. The highest BCUT2D eigenvalue weighted by atomic mass is 35.5. The van der Waals surface area contributed by atoms with E-state index >= 15 is 0 Å². The van der Waals surface area contributed by atoms with E-state index in [4.69, 9.17) is 28.5 Å². The highest BCUT2D eigenvalue weighted by Gasteiger charge is 2.25. The van der Waals surface area contributed by atoms with Crippen LogP contribution in [0.4, 0.5) is 0 Å². The molecule has 0 amide bonds. The van der Waals surface area contributed by atoms with Crippen LogP contribution in [0.3, 0.4) is 0 Å². The average Bonchev–Trinajstić information content (AvgIpc) is 1.67. The molecule has 2 unspecified atom stereocenters. The van der Waals surface area contributed by atoms with E-state index in [1.807, 2.05) is 6.07 Å². The van der Waals surface area contributed by atoms with Gasteiger partial charge in [-0.1, -0.05) is 0 Å². The molecule has 0 aliphatic heterocycles. The molecule has 3 heteroatoms. The number of hydrogen-bond acceptors (Lipinski definition) is 1. The highest BCUT2D eigenvalue weighted by molar-refractivity contribution is 6.33. The number of nitriles is 1. The van der Waals surface area contributed by atoms with Gasteiger partial charge >= 0.3 is 0 Å². The SMILES string of the molecule is CC(Cl)C(C)(Cl)C#N. The van der Waals surface area contributed by atoms with Crippen LogP contribution in [-0.2, 0) is 0 Å². The molecular weight excluding hydrogens is 145 g/mol. The zero-order valence-corrected chi connectivity index (χ0v) is 6.29. The van der Waals surface area contributed by atoms with Crippen LogP contribution in [0.1, 0.15) is 13.8 Å². The first-order valence-electron chi connectivity index (χ1n) is 2.25. The van der Waals surface area contributed by atoms with Crippen LogP contribution in [0.2, 0.25) is 0 Å². The van der Waals surface area contributed by atoms with Gasteiger partial charge in [0.25, 0.3) is 0 Å². The highest BCUT2D eigenvalue weighted by Crippen LogP contribution is 2.21. The molecule has 0 aliphatic carbocycles. The van der Waals surface area contributed by atoms with Gasteiger partial charge in [0, 0.05) is 0 Å². The topological polar surface area (TPSA) is 23.8 Å². The van der Waals surface area contributed by atoms with E-state index in [0.29, 0.717) is 0 Å². The minimum absolute atomic E-state index is 0.311. The van der Waals surface area contributed by atoms with Crippen molar-refractivity contribution in [2.24, 2.45) is 0 Å². The van der Waals surface area contributed by atoms with Gasteiger partial charge in [0.15, 0.2) is 0 Å². The molecule has 0 bridgehead atoms. The molecule has 0 aliphatic rings. The number of halogens is 2. The van der Waals surface area contributed by atoms with Gasteiger partial charge < -0.3 is 0 Å². The fraction of sp³-hybridized carbons (Fsp3) is 0.800. The van der Waals surface area contributed by atoms with E-state index in [-0.39, 0.29) is 5.38 Å². The molecule has 0 N–H and O–H groups in total. The normalized spacial score (nSPS) is 20.9. The first-order valence-corrected chi connectivity index (χ1v) is 3.06. The molecule has 0 heterocycles. The van der Waals surface area contributed by atoms with Crippen molar-refractivity contribution in [3.63, 3.8) is 0 Å². The van der Waals surface area contributed by atoms with Gasteiger partial charge in [-0.3, -0.25) is 0 Å². The molecule has 0 rings (SSSR count). The zero-order valence-electron chi connectivity index (χ0n) is 4.78. The summed E-state index contributed by atoms with van der Waals surface area (Å²) >= 11 is 11.1. The fourth-order valence-corrected chi connectivity index (χ4v) is 0.138. The predicted octanol–water partition coefficient (Wildman–Crippen LogP) is 2.13. The van der Waals surface area contributed by atoms with Crippen LogP contribution in [-0.4, -0.2) is 10.3 Å². The zero-order chi connectivity index (χ0) is 6.78. The molecule has 0 aromatic carbocycles. The number of hydrogen-bond donors (Lipinski definition) is 0. The van der Waals surface area contributed by atoms with Crippen molar-refractivity contribution < 1.29 is 0 Å². The summed E-state index contributed by atoms with van der Waals surface area (Å²) in [5.74, 6) is 0. The Morgan fingerprint density at radius 1 is 1.75 bits per heavy atom. The molecule has 46 valence electrons. The summed E-state index contributed by atoms with van der Waals surface area (Å²) in [7, 11) is 0. The largest absolute Gasteiger partial charge is 0.196 e. The van der Waals surface area contributed by atoms with Crippen molar-refractivity contribution in [3.8, 4) is 6.07 Å². The Morgan fingerprint density at radius 2 is 2.12 bits per heavy atom. The maximum absolute atomic E-state index is 8.30. The Hall–Kier alpha value is 0.0700. The van der Waals surface area contributed by atoms with Gasteiger partial charge in [0.1, 0.15) is 4.87 Å². The summed E-state index contributed by atoms with van der Waals surface area (Å²) < 4.78 is 0. The van der Waals surface area contributed by atoms with Crippen LogP contribution in [0, 0.1) is 11.3 Å². The molecule has 8 heavy (non-hydrogen) atoms. The number of rotatable bonds is 1. The third-order valence-corrected chi connectivity index (χ3v) is 1.93. The molecule has 0 saturated carbocycles. The Labute approximate surface area is 59.2 Å². The third kappa shape index (κ3) is 1.90. The Morgan fingerprint density at radius 3 is 2.12 bits per heavy atom. The van der Waals surface area contributed by atoms with E-state index in [0.717, 1.165) is 0 Å². The van der Waals surface area contributed by atoms with Gasteiger partial charge in [-0.2, -0.15) is 5.26 Å². The summed E-state index contributed by atoms with van der Waals surface area (Å²) in [4.78, 5) is -0.915. The molecule has 1 nitrogen and oxygen atoms in total. The van der Waals surface area contributed by atoms with Gasteiger partial charge in [-0.15, -0.1) is 23.2 Å². The monoisotopic (exact) mass is 151 g/mol. The lowest BCUT2D eigenvalue weighted by Gasteiger charge is -2.13. The maximum Gasteiger partial charge on any atom is 0.144 e. The van der Waals surface area contributed by atoms with E-state index in [2.05, 4.69) is 0 Å². The smallest absolute Gasteiger partial charge is 0.144 e. The number of nitrogens with zero attached hydrogens (tertiary/aromatic N) is 1. The van der Waals surface area contributed by atoms with Gasteiger partial charge in [0.05, 0.1) is 11.4 Å². The van der Waals surface area contributed by atoms with Crippen LogP contribution in [0.5, 0.6) is 0 Å². The summed E-state index contributed by atoms with van der Waals surface area (Å²) in [6, 6.07) is 1.87. The molecule has 0 fully saturated rings. The van der Waals surface area contributed by atoms with Crippen molar-refractivity contribution in [1.82, 2.24) is 0 Å². The second-order valence-electron chi connectivity index (χ2n) is 1.80. The lowest BCUT2D eigenvalue weighted by atomic mass is 10.1. The van der Waals surface area contributed by atoms with Crippen LogP contribution < -0.4 is 0 Å². The maximum atomic E-state index is 8.30. The minimum Gasteiger partial charge on any atom is -0.196 e. The Kier molecular flexibility index (Phi) is 2.59. The second kappa shape index (κ2) is 2.57. The fourth-order valence-electron chi connectivity index (χ4n) is 0.0889. The van der Waals surface area contributed by atoms with Gasteiger partial charge in [-0.05, 0) is 13.8 Å². The van der Waals surface area contributed by atoms with Crippen molar-refractivity contribution in [2.75, 3.05) is 0 Å². The molecule has 0 aromatic rings. The standard InChI is InChI=1S/C5H7Cl2N/c1-4(6)5(2,7)3-8/h4H,1-2H3. The quantitative estimate of drug-likeness (QED) is 0.528. The van der Waals surface area contributed by atoms with Crippen LogP contribution in [0.15, 0.2) is 0 Å². The van der Waals surface area contributed by atoms with E-state index in [1.165, 1.54) is 0 Å². The first-order chi connectivity index (χ1) is 3.50. The van der Waals surface area contributed by atoms with E-state index in [9.17, 15) is 0 Å². The molecule has 2 atom stereocenters. The summed E-state index contributed by atoms with van der Waals surface area (Å²) in [6.45, 7) is 3.28. The van der Waals surface area contributed by atoms with Crippen LogP contribution >= 0.6 is 23.2 Å². The van der Waals surface area contributed by atoms with Crippen molar-refractivity contribution >= 4 is 23.2 Å². The molecule has 0 saturated heterocycles. The Balaban J connectivity index is 3.97. The summed E-state index contributed by atoms with van der Waals surface area (Å²) in [5.41, 5.74) is 0. The lowest BCUT2D eigenvalue weighted by Crippen LogP contribution is -2.23. The van der Waals surface area contributed by atoms with E-state index in [1.54, 1.807) is 13.8 Å². The molecular formula is C5H7Cl2N. The number of alkyl halides is 2. The first kappa shape index (κ1) is 8.07. The minimum atomic E-state index is -0.915. The third-order valence-electron chi connectivity index (χ3n) is 0.966. The Bertz CT molecular complexity index is 112. The lowest BCUT2D eigenvalue weighted by molar-refractivity contribution is 0.765. The van der Waals surface area contributed by atoms with Gasteiger partial charge in [-0.25, -0.2) is 0 Å². The van der Waals surface area contributed by atoms with Crippen molar-refractivity contribution in [3.05, 3.63) is 0 Å². The molecule has 0 spiro atoms. The van der Waals surface area contributed by atoms with Crippen molar-refractivity contribution in [1.29, 1.82) is 5.26 Å².